The van der Waals surface area contributed by atoms with E-state index in [1.54, 1.807) is 0 Å². The number of aromatic nitrogens is 1. The lowest BCUT2D eigenvalue weighted by Crippen LogP contribution is -2.61. The van der Waals surface area contributed by atoms with Crippen molar-refractivity contribution in [3.8, 4) is 23.0 Å². The first-order valence-corrected chi connectivity index (χ1v) is 11.5. The Bertz CT molecular complexity index is 1470. The summed E-state index contributed by atoms with van der Waals surface area (Å²) in [7, 11) is -5.20. The number of ether oxygens (including phenoxy) is 2. The quantitative estimate of drug-likeness (QED) is 0.262. The van der Waals surface area contributed by atoms with E-state index in [0.29, 0.717) is 12.1 Å². The highest BCUT2D eigenvalue weighted by Gasteiger charge is 2.48. The van der Waals surface area contributed by atoms with Gasteiger partial charge in [-0.25, -0.2) is 18.6 Å². The van der Waals surface area contributed by atoms with Crippen LogP contribution in [0.15, 0.2) is 35.3 Å². The Labute approximate surface area is 205 Å². The summed E-state index contributed by atoms with van der Waals surface area (Å²) in [6.07, 6.45) is -7.99. The fourth-order valence-corrected chi connectivity index (χ4v) is 3.90. The van der Waals surface area contributed by atoms with Crippen molar-refractivity contribution in [1.29, 1.82) is 0 Å². The van der Waals surface area contributed by atoms with Gasteiger partial charge in [0.25, 0.3) is 0 Å². The summed E-state index contributed by atoms with van der Waals surface area (Å²) < 4.78 is 78.8. The number of aliphatic carboxylic acids is 1. The van der Waals surface area contributed by atoms with Gasteiger partial charge >= 0.3 is 16.4 Å². The number of halogens is 2. The zero-order valence-electron chi connectivity index (χ0n) is 18.2. The minimum Gasteiger partial charge on any atom is -0.479 e. The van der Waals surface area contributed by atoms with Crippen molar-refractivity contribution in [2.45, 2.75) is 30.7 Å². The summed E-state index contributed by atoms with van der Waals surface area (Å²) in [6, 6.07) is 3.84. The third-order valence-corrected chi connectivity index (χ3v) is 5.59. The maximum atomic E-state index is 14.3. The molecule has 13 nitrogen and oxygen atoms in total. The van der Waals surface area contributed by atoms with Crippen LogP contribution in [-0.4, -0.2) is 75.1 Å². The number of carboxylic acid groups (broad SMARTS) is 1. The summed E-state index contributed by atoms with van der Waals surface area (Å²) in [4.78, 5) is 15.4. The molecule has 1 fully saturated rings. The Morgan fingerprint density at radius 2 is 1.73 bits per heavy atom. The van der Waals surface area contributed by atoms with Gasteiger partial charge in [0.1, 0.15) is 29.6 Å². The summed E-state index contributed by atoms with van der Waals surface area (Å²) in [5.41, 5.74) is 0.0700. The van der Waals surface area contributed by atoms with E-state index in [-0.39, 0.29) is 33.9 Å². The van der Waals surface area contributed by atoms with E-state index in [1.165, 1.54) is 18.2 Å². The van der Waals surface area contributed by atoms with Gasteiger partial charge in [-0.05, 0) is 18.2 Å². The summed E-state index contributed by atoms with van der Waals surface area (Å²) in [6.45, 7) is 3.61. The van der Waals surface area contributed by atoms with E-state index < -0.39 is 64.5 Å². The SMILES string of the molecule is C=Cc1cc(O[C@@H]2O[C@H](C(=O)O)[C@@H](O)[C@H](O)[C@H]2O)cc2nc(-c3cc(F)c(OS(=O)(=O)O)c(F)c3)oc12. The molecule has 0 aliphatic carbocycles. The number of aliphatic hydroxyl groups excluding tert-OH is 3. The second-order valence-electron chi connectivity index (χ2n) is 7.72. The molecule has 2 heterocycles. The molecule has 1 aromatic heterocycles. The third-order valence-electron chi connectivity index (χ3n) is 5.21. The molecule has 5 atom stereocenters. The molecule has 1 aliphatic heterocycles. The highest BCUT2D eigenvalue weighted by molar-refractivity contribution is 7.81. The van der Waals surface area contributed by atoms with E-state index in [9.17, 15) is 42.4 Å². The van der Waals surface area contributed by atoms with Gasteiger partial charge < -0.3 is 38.5 Å². The summed E-state index contributed by atoms with van der Waals surface area (Å²) in [5, 5.41) is 39.1. The maximum Gasteiger partial charge on any atom is 0.446 e. The number of benzene rings is 2. The first kappa shape index (κ1) is 26.4. The van der Waals surface area contributed by atoms with Crippen LogP contribution in [0.2, 0.25) is 0 Å². The van der Waals surface area contributed by atoms with Crippen molar-refractivity contribution in [3.05, 3.63) is 48.0 Å². The number of fused-ring (bicyclic) bond motifs is 1. The Morgan fingerprint density at radius 3 is 2.30 bits per heavy atom. The molecule has 1 saturated heterocycles. The van der Waals surface area contributed by atoms with Crippen LogP contribution in [0.4, 0.5) is 8.78 Å². The van der Waals surface area contributed by atoms with E-state index >= 15 is 0 Å². The third kappa shape index (κ3) is 5.24. The molecular formula is C21H17F2NO12S. The molecule has 198 valence electrons. The lowest BCUT2D eigenvalue weighted by atomic mass is 9.99. The van der Waals surface area contributed by atoms with Gasteiger partial charge in [0.2, 0.25) is 17.9 Å². The van der Waals surface area contributed by atoms with Crippen molar-refractivity contribution in [3.63, 3.8) is 0 Å². The van der Waals surface area contributed by atoms with Gasteiger partial charge in [-0.3, -0.25) is 4.55 Å². The average Bonchev–Trinajstić information content (AvgIpc) is 3.24. The molecular weight excluding hydrogens is 528 g/mol. The number of nitrogens with zero attached hydrogens (tertiary/aromatic N) is 1. The zero-order valence-corrected chi connectivity index (χ0v) is 19.0. The van der Waals surface area contributed by atoms with Gasteiger partial charge in [0.15, 0.2) is 23.3 Å². The molecule has 0 saturated carbocycles. The monoisotopic (exact) mass is 545 g/mol. The fraction of sp³-hybridized carbons (Fsp3) is 0.238. The summed E-state index contributed by atoms with van der Waals surface area (Å²) >= 11 is 0. The molecule has 1 aliphatic rings. The number of rotatable bonds is 7. The standard InChI is InChI=1S/C21H17F2NO12S/c1-2-7-3-9(33-21-15(27)13(25)14(26)18(35-21)20(28)29)6-12-16(7)34-19(24-12)8-4-10(22)17(11(23)5-8)36-37(30,31)32/h2-6,13-15,18,21,25-27H,1H2,(H,28,29)(H,30,31,32)/t13-,14-,15+,18-,21+/m0/s1. The Kier molecular flexibility index (Phi) is 6.89. The van der Waals surface area contributed by atoms with Crippen molar-refractivity contribution in [2.24, 2.45) is 0 Å². The molecule has 0 unspecified atom stereocenters. The van der Waals surface area contributed by atoms with Gasteiger partial charge in [-0.2, -0.15) is 8.42 Å². The number of carbonyl (C=O) groups is 1. The molecule has 5 N–H and O–H groups in total. The lowest BCUT2D eigenvalue weighted by molar-refractivity contribution is -0.271. The Morgan fingerprint density at radius 1 is 1.08 bits per heavy atom. The van der Waals surface area contributed by atoms with Crippen LogP contribution in [-0.2, 0) is 19.9 Å². The molecule has 3 aromatic rings. The zero-order chi connectivity index (χ0) is 27.2. The molecule has 4 rings (SSSR count). The van der Waals surface area contributed by atoms with Crippen LogP contribution >= 0.6 is 0 Å². The van der Waals surface area contributed by atoms with Gasteiger partial charge in [-0.15, -0.1) is 0 Å². The Hall–Kier alpha value is -3.67. The molecule has 0 amide bonds. The van der Waals surface area contributed by atoms with E-state index in [0.717, 1.165) is 0 Å². The minimum absolute atomic E-state index is 0.0437. The van der Waals surface area contributed by atoms with E-state index in [4.69, 9.17) is 18.4 Å². The van der Waals surface area contributed by atoms with Crippen LogP contribution < -0.4 is 8.92 Å². The van der Waals surface area contributed by atoms with Crippen LogP contribution in [0, 0.1) is 11.6 Å². The second kappa shape index (κ2) is 9.66. The van der Waals surface area contributed by atoms with Gasteiger partial charge in [-0.1, -0.05) is 12.7 Å². The lowest BCUT2D eigenvalue weighted by Gasteiger charge is -2.38. The van der Waals surface area contributed by atoms with Crippen molar-refractivity contribution < 1.29 is 65.0 Å². The van der Waals surface area contributed by atoms with Crippen molar-refractivity contribution in [2.75, 3.05) is 0 Å². The number of aliphatic hydroxyl groups is 3. The van der Waals surface area contributed by atoms with E-state index in [2.05, 4.69) is 15.7 Å². The highest BCUT2D eigenvalue weighted by Crippen LogP contribution is 2.35. The predicted molar refractivity (Wildman–Crippen MR) is 117 cm³/mol. The second-order valence-corrected chi connectivity index (χ2v) is 8.74. The molecule has 2 aromatic carbocycles. The number of hydrogen-bond acceptors (Lipinski definition) is 11. The predicted octanol–water partition coefficient (Wildman–Crippen LogP) is 0.869. The normalized spacial score (nSPS) is 24.1. The van der Waals surface area contributed by atoms with Crippen molar-refractivity contribution in [1.82, 2.24) is 4.98 Å². The van der Waals surface area contributed by atoms with Crippen LogP contribution in [0.3, 0.4) is 0 Å². The van der Waals surface area contributed by atoms with Gasteiger partial charge in [0, 0.05) is 17.2 Å². The molecule has 0 radical (unpaired) electrons. The minimum atomic E-state index is -5.20. The molecule has 37 heavy (non-hydrogen) atoms. The average molecular weight is 545 g/mol. The van der Waals surface area contributed by atoms with E-state index in [1.807, 2.05) is 0 Å². The smallest absolute Gasteiger partial charge is 0.446 e. The van der Waals surface area contributed by atoms with Crippen molar-refractivity contribution >= 4 is 33.5 Å². The fourth-order valence-electron chi connectivity index (χ4n) is 3.53. The first-order chi connectivity index (χ1) is 17.3. The maximum absolute atomic E-state index is 14.3. The Balaban J connectivity index is 1.69. The number of hydrogen-bond donors (Lipinski definition) is 5. The number of oxazole rings is 1. The first-order valence-electron chi connectivity index (χ1n) is 10.1. The molecule has 0 spiro atoms. The van der Waals surface area contributed by atoms with Gasteiger partial charge in [0.05, 0.1) is 0 Å². The molecule has 16 heteroatoms. The largest absolute Gasteiger partial charge is 0.479 e. The molecule has 0 bridgehead atoms. The highest BCUT2D eigenvalue weighted by atomic mass is 32.3. The van der Waals surface area contributed by atoms with Crippen LogP contribution in [0.25, 0.3) is 28.6 Å². The summed E-state index contributed by atoms with van der Waals surface area (Å²) in [5.74, 6) is -6.36. The van der Waals surface area contributed by atoms with Crippen LogP contribution in [0.1, 0.15) is 5.56 Å². The van der Waals surface area contributed by atoms with Crippen LogP contribution in [0.5, 0.6) is 11.5 Å². The topological polar surface area (TPSA) is 206 Å². The number of carboxylic acids is 1.